The van der Waals surface area contributed by atoms with Gasteiger partial charge in [0.1, 0.15) is 11.3 Å². The van der Waals surface area contributed by atoms with E-state index >= 15 is 0 Å². The number of hydrogen-bond acceptors (Lipinski definition) is 5. The van der Waals surface area contributed by atoms with Crippen LogP contribution < -0.4 is 11.1 Å². The van der Waals surface area contributed by atoms with Gasteiger partial charge in [-0.2, -0.15) is 0 Å². The maximum Gasteiger partial charge on any atom is 0.219 e. The molecule has 16 heavy (non-hydrogen) atoms. The first-order valence-electron chi connectivity index (χ1n) is 4.85. The molecule has 6 heteroatoms. The van der Waals surface area contributed by atoms with Crippen LogP contribution in [0.4, 0.5) is 5.82 Å². The molecule has 0 spiro atoms. The zero-order valence-corrected chi connectivity index (χ0v) is 8.55. The zero-order valence-electron chi connectivity index (χ0n) is 8.55. The highest BCUT2D eigenvalue weighted by Crippen LogP contribution is 2.09. The summed E-state index contributed by atoms with van der Waals surface area (Å²) in [4.78, 5) is 23.0. The number of fused-ring (bicyclic) bond motifs is 1. The molecule has 0 saturated carbocycles. The van der Waals surface area contributed by atoms with Crippen molar-refractivity contribution in [3.05, 3.63) is 24.5 Å². The first-order valence-corrected chi connectivity index (χ1v) is 4.85. The van der Waals surface area contributed by atoms with Crippen LogP contribution in [0.5, 0.6) is 0 Å². The predicted octanol–water partition coefficient (Wildman–Crippen LogP) is 0.312. The van der Waals surface area contributed by atoms with E-state index < -0.39 is 0 Å². The maximum atomic E-state index is 10.5. The average molecular weight is 217 g/mol. The smallest absolute Gasteiger partial charge is 0.219 e. The van der Waals surface area contributed by atoms with Crippen molar-refractivity contribution < 1.29 is 4.79 Å². The Hall–Kier alpha value is -2.24. The van der Waals surface area contributed by atoms with Crippen LogP contribution in [0.15, 0.2) is 24.5 Å². The van der Waals surface area contributed by atoms with Crippen LogP contribution >= 0.6 is 0 Å². The van der Waals surface area contributed by atoms with E-state index in [1.54, 1.807) is 18.5 Å². The summed E-state index contributed by atoms with van der Waals surface area (Å²) in [6, 6.07) is 3.61. The van der Waals surface area contributed by atoms with Crippen LogP contribution in [0.25, 0.3) is 11.2 Å². The fourth-order valence-corrected chi connectivity index (χ4v) is 1.27. The molecule has 0 fully saturated rings. The summed E-state index contributed by atoms with van der Waals surface area (Å²) in [6.45, 7) is 0.466. The van der Waals surface area contributed by atoms with Crippen LogP contribution in [0.1, 0.15) is 6.42 Å². The molecule has 82 valence electrons. The van der Waals surface area contributed by atoms with Gasteiger partial charge >= 0.3 is 0 Å². The second-order valence-corrected chi connectivity index (χ2v) is 3.24. The number of pyridine rings is 1. The minimum atomic E-state index is -0.340. The number of nitrogens with two attached hydrogens (primary N) is 1. The minimum absolute atomic E-state index is 0.278. The number of amides is 1. The van der Waals surface area contributed by atoms with E-state index in [1.807, 2.05) is 6.07 Å². The third-order valence-corrected chi connectivity index (χ3v) is 2.01. The van der Waals surface area contributed by atoms with E-state index in [0.717, 1.165) is 5.52 Å². The van der Waals surface area contributed by atoms with Gasteiger partial charge in [0, 0.05) is 25.4 Å². The molecule has 3 N–H and O–H groups in total. The molecule has 0 aliphatic carbocycles. The Morgan fingerprint density at radius 1 is 1.31 bits per heavy atom. The molecule has 2 rings (SSSR count). The average Bonchev–Trinajstić information content (AvgIpc) is 2.28. The molecule has 6 nitrogen and oxygen atoms in total. The fraction of sp³-hybridized carbons (Fsp3) is 0.200. The van der Waals surface area contributed by atoms with Gasteiger partial charge in [0.05, 0.1) is 0 Å². The Kier molecular flexibility index (Phi) is 2.90. The lowest BCUT2D eigenvalue weighted by atomic mass is 10.3. The van der Waals surface area contributed by atoms with Crippen LogP contribution in [0.2, 0.25) is 0 Å². The van der Waals surface area contributed by atoms with Crippen molar-refractivity contribution in [1.82, 2.24) is 15.0 Å². The van der Waals surface area contributed by atoms with Crippen molar-refractivity contribution in [2.75, 3.05) is 11.9 Å². The van der Waals surface area contributed by atoms with Gasteiger partial charge in [-0.15, -0.1) is 0 Å². The summed E-state index contributed by atoms with van der Waals surface area (Å²) in [5.74, 6) is 0.322. The number of nitrogens with zero attached hydrogens (tertiary/aromatic N) is 3. The molecule has 2 aromatic heterocycles. The van der Waals surface area contributed by atoms with Crippen molar-refractivity contribution >= 4 is 22.9 Å². The number of carbonyl (C=O) groups is 1. The van der Waals surface area contributed by atoms with Gasteiger partial charge in [0.2, 0.25) is 5.91 Å². The van der Waals surface area contributed by atoms with Crippen molar-refractivity contribution in [3.8, 4) is 0 Å². The molecular weight excluding hydrogens is 206 g/mol. The van der Waals surface area contributed by atoms with Crippen LogP contribution in [0, 0.1) is 0 Å². The van der Waals surface area contributed by atoms with Crippen molar-refractivity contribution in [3.63, 3.8) is 0 Å². The molecule has 0 saturated heterocycles. The summed E-state index contributed by atoms with van der Waals surface area (Å²) in [5, 5.41) is 2.99. The monoisotopic (exact) mass is 217 g/mol. The van der Waals surface area contributed by atoms with Gasteiger partial charge in [-0.3, -0.25) is 9.78 Å². The second kappa shape index (κ2) is 4.52. The molecule has 0 aromatic carbocycles. The van der Waals surface area contributed by atoms with E-state index in [2.05, 4.69) is 20.3 Å². The zero-order chi connectivity index (χ0) is 11.4. The highest BCUT2D eigenvalue weighted by molar-refractivity contribution is 5.74. The van der Waals surface area contributed by atoms with Gasteiger partial charge in [-0.25, -0.2) is 9.97 Å². The van der Waals surface area contributed by atoms with Crippen molar-refractivity contribution in [2.24, 2.45) is 5.73 Å². The standard InChI is InChI=1S/C10H11N5O/c11-8(16)3-4-13-9-2-1-7-10(15-9)14-6-5-12-7/h1-2,5-6H,3-4H2,(H2,11,16)(H,13,14,15). The Bertz CT molecular complexity index is 513. The number of hydrogen-bond donors (Lipinski definition) is 2. The molecule has 0 aliphatic rings. The van der Waals surface area contributed by atoms with E-state index in [1.165, 1.54) is 0 Å². The molecule has 0 radical (unpaired) electrons. The van der Waals surface area contributed by atoms with Crippen molar-refractivity contribution in [1.29, 1.82) is 0 Å². The van der Waals surface area contributed by atoms with Crippen LogP contribution in [0.3, 0.4) is 0 Å². The van der Waals surface area contributed by atoms with Crippen molar-refractivity contribution in [2.45, 2.75) is 6.42 Å². The van der Waals surface area contributed by atoms with Crippen LogP contribution in [-0.4, -0.2) is 27.4 Å². The number of aromatic nitrogens is 3. The molecule has 1 amide bonds. The SMILES string of the molecule is NC(=O)CCNc1ccc2nccnc2n1. The first-order chi connectivity index (χ1) is 7.75. The largest absolute Gasteiger partial charge is 0.370 e. The van der Waals surface area contributed by atoms with E-state index in [9.17, 15) is 4.79 Å². The quantitative estimate of drug-likeness (QED) is 0.768. The fourth-order valence-electron chi connectivity index (χ4n) is 1.27. The lowest BCUT2D eigenvalue weighted by molar-refractivity contribution is -0.117. The van der Waals surface area contributed by atoms with Gasteiger partial charge in [-0.1, -0.05) is 0 Å². The predicted molar refractivity (Wildman–Crippen MR) is 59.6 cm³/mol. The molecule has 0 bridgehead atoms. The second-order valence-electron chi connectivity index (χ2n) is 3.24. The Labute approximate surface area is 91.9 Å². The Balaban J connectivity index is 2.10. The Morgan fingerprint density at radius 2 is 2.12 bits per heavy atom. The number of nitrogens with one attached hydrogen (secondary N) is 1. The number of anilines is 1. The molecule has 2 heterocycles. The number of carbonyl (C=O) groups excluding carboxylic acids is 1. The van der Waals surface area contributed by atoms with Gasteiger partial charge in [0.15, 0.2) is 5.65 Å². The summed E-state index contributed by atoms with van der Waals surface area (Å²) < 4.78 is 0. The lowest BCUT2D eigenvalue weighted by Crippen LogP contribution is -2.16. The highest BCUT2D eigenvalue weighted by Gasteiger charge is 1.99. The van der Waals surface area contributed by atoms with E-state index in [-0.39, 0.29) is 12.3 Å². The number of rotatable bonds is 4. The molecular formula is C10H11N5O. The molecule has 0 unspecified atom stereocenters. The normalized spacial score (nSPS) is 10.2. The van der Waals surface area contributed by atoms with Crippen LogP contribution in [-0.2, 0) is 4.79 Å². The van der Waals surface area contributed by atoms with E-state index in [0.29, 0.717) is 18.0 Å². The Morgan fingerprint density at radius 3 is 2.94 bits per heavy atom. The minimum Gasteiger partial charge on any atom is -0.370 e. The molecule has 0 atom stereocenters. The van der Waals surface area contributed by atoms with Gasteiger partial charge in [0.25, 0.3) is 0 Å². The third kappa shape index (κ3) is 2.41. The lowest BCUT2D eigenvalue weighted by Gasteiger charge is -2.04. The molecule has 2 aromatic rings. The highest BCUT2D eigenvalue weighted by atomic mass is 16.1. The summed E-state index contributed by atoms with van der Waals surface area (Å²) in [7, 11) is 0. The number of primary amides is 1. The summed E-state index contributed by atoms with van der Waals surface area (Å²) in [5.41, 5.74) is 6.34. The first kappa shape index (κ1) is 10.3. The summed E-state index contributed by atoms with van der Waals surface area (Å²) in [6.07, 6.45) is 3.48. The third-order valence-electron chi connectivity index (χ3n) is 2.01. The molecule has 0 aliphatic heterocycles. The van der Waals surface area contributed by atoms with Gasteiger partial charge < -0.3 is 11.1 Å². The summed E-state index contributed by atoms with van der Waals surface area (Å²) >= 11 is 0. The topological polar surface area (TPSA) is 93.8 Å². The van der Waals surface area contributed by atoms with E-state index in [4.69, 9.17) is 5.73 Å². The maximum absolute atomic E-state index is 10.5. The van der Waals surface area contributed by atoms with Gasteiger partial charge in [-0.05, 0) is 12.1 Å².